The minimum atomic E-state index is -3.72. The smallest absolute Gasteiger partial charge is 0.219 e. The van der Waals surface area contributed by atoms with Crippen LogP contribution in [-0.2, 0) is 18.1 Å². The topological polar surface area (TPSA) is 68.3 Å². The van der Waals surface area contributed by atoms with Gasteiger partial charge in [-0.1, -0.05) is 29.8 Å². The lowest BCUT2D eigenvalue weighted by Gasteiger charge is -2.03. The van der Waals surface area contributed by atoms with Crippen LogP contribution >= 0.6 is 33.0 Å². The molecule has 0 aliphatic rings. The molecule has 0 fully saturated rings. The molecular weight excluding hydrogens is 379 g/mol. The minimum absolute atomic E-state index is 0.253. The van der Waals surface area contributed by atoms with Crippen LogP contribution in [0.3, 0.4) is 0 Å². The van der Waals surface area contributed by atoms with E-state index in [9.17, 15) is 8.42 Å². The number of hydrogen-bond acceptors (Lipinski definition) is 4. The van der Waals surface area contributed by atoms with Crippen LogP contribution in [0.25, 0.3) is 0 Å². The van der Waals surface area contributed by atoms with Crippen molar-refractivity contribution < 1.29 is 16.8 Å². The molecule has 0 bridgehead atoms. The van der Waals surface area contributed by atoms with Crippen molar-refractivity contribution in [3.8, 4) is 0 Å². The highest BCUT2D eigenvalue weighted by Crippen LogP contribution is 2.21. The third-order valence-electron chi connectivity index (χ3n) is 2.18. The third-order valence-corrected chi connectivity index (χ3v) is 4.21. The van der Waals surface area contributed by atoms with Gasteiger partial charge in [-0.15, -0.1) is 0 Å². The van der Waals surface area contributed by atoms with E-state index in [0.717, 1.165) is 0 Å². The molecule has 2 rings (SSSR count). The summed E-state index contributed by atoms with van der Waals surface area (Å²) in [6.07, 6.45) is 0. The van der Waals surface area contributed by atoms with Crippen molar-refractivity contribution in [3.05, 3.63) is 59.6 Å². The predicted octanol–water partition coefficient (Wildman–Crippen LogP) is 3.88. The SMILES string of the molecule is O=S(=O)(Cl)Cl.O=S(=O)(c1ccccc1)c1ccc(Cl)cc1. The predicted molar refractivity (Wildman–Crippen MR) is 84.0 cm³/mol. The molecule has 0 saturated carbocycles. The van der Waals surface area contributed by atoms with E-state index in [0.29, 0.717) is 5.02 Å². The number of hydrogen-bond donors (Lipinski definition) is 0. The lowest BCUT2D eigenvalue weighted by atomic mass is 10.4. The minimum Gasteiger partial charge on any atom is -0.219 e. The number of rotatable bonds is 2. The van der Waals surface area contributed by atoms with Crippen molar-refractivity contribution in [2.45, 2.75) is 9.79 Å². The Hall–Kier alpha value is -0.790. The Labute approximate surface area is 137 Å². The summed E-state index contributed by atoms with van der Waals surface area (Å²) in [7, 11) is 1.40. The molecule has 0 aromatic heterocycles. The first-order valence-electron chi connectivity index (χ1n) is 5.30. The molecule has 0 unspecified atom stereocenters. The highest BCUT2D eigenvalue weighted by molar-refractivity contribution is 8.31. The second-order valence-corrected chi connectivity index (χ2v) is 9.70. The van der Waals surface area contributed by atoms with Gasteiger partial charge >= 0.3 is 8.26 Å². The van der Waals surface area contributed by atoms with Crippen LogP contribution in [0.4, 0.5) is 0 Å². The Bertz CT molecular complexity index is 778. The maximum atomic E-state index is 12.1. The molecule has 9 heteroatoms. The molecule has 2 aromatic rings. The van der Waals surface area contributed by atoms with E-state index in [-0.39, 0.29) is 9.79 Å². The zero-order valence-corrected chi connectivity index (χ0v) is 14.2. The molecule has 0 atom stereocenters. The zero-order valence-electron chi connectivity index (χ0n) is 10.3. The van der Waals surface area contributed by atoms with Crippen LogP contribution in [0.1, 0.15) is 0 Å². The Kier molecular flexibility index (Phi) is 6.49. The van der Waals surface area contributed by atoms with Crippen molar-refractivity contribution in [1.29, 1.82) is 0 Å². The van der Waals surface area contributed by atoms with E-state index in [1.807, 2.05) is 0 Å². The summed E-state index contributed by atoms with van der Waals surface area (Å²) >= 11 is 5.71. The highest BCUT2D eigenvalue weighted by atomic mass is 36.0. The molecule has 0 aliphatic heterocycles. The van der Waals surface area contributed by atoms with E-state index in [1.165, 1.54) is 12.1 Å². The van der Waals surface area contributed by atoms with Crippen LogP contribution in [0.15, 0.2) is 64.4 Å². The first-order valence-corrected chi connectivity index (χ1v) is 10.3. The molecule has 0 N–H and O–H groups in total. The second kappa shape index (κ2) is 7.47. The van der Waals surface area contributed by atoms with Crippen LogP contribution < -0.4 is 0 Å². The first kappa shape index (κ1) is 18.3. The quantitative estimate of drug-likeness (QED) is 0.733. The fraction of sp³-hybridized carbons (Fsp3) is 0. The van der Waals surface area contributed by atoms with Crippen LogP contribution in [0, 0.1) is 0 Å². The molecule has 4 nitrogen and oxygen atoms in total. The van der Waals surface area contributed by atoms with Crippen molar-refractivity contribution in [1.82, 2.24) is 0 Å². The summed E-state index contributed by atoms with van der Waals surface area (Å²) in [6.45, 7) is 0. The Balaban J connectivity index is 0.000000383. The Morgan fingerprint density at radius 3 is 1.48 bits per heavy atom. The van der Waals surface area contributed by atoms with Gasteiger partial charge in [-0.3, -0.25) is 0 Å². The fourth-order valence-electron chi connectivity index (χ4n) is 1.35. The van der Waals surface area contributed by atoms with Gasteiger partial charge in [0, 0.05) is 26.4 Å². The van der Waals surface area contributed by atoms with Gasteiger partial charge in [0.2, 0.25) is 9.84 Å². The molecule has 2 aromatic carbocycles. The largest absolute Gasteiger partial charge is 0.317 e. The monoisotopic (exact) mass is 386 g/mol. The van der Waals surface area contributed by atoms with Gasteiger partial charge in [0.05, 0.1) is 9.79 Å². The number of sulfone groups is 1. The van der Waals surface area contributed by atoms with Crippen LogP contribution in [0.2, 0.25) is 5.02 Å². The molecule has 21 heavy (non-hydrogen) atoms. The van der Waals surface area contributed by atoms with Gasteiger partial charge < -0.3 is 0 Å². The summed E-state index contributed by atoms with van der Waals surface area (Å²) in [5.41, 5.74) is 0. The summed E-state index contributed by atoms with van der Waals surface area (Å²) in [5, 5.41) is 0.520. The average molecular weight is 388 g/mol. The van der Waals surface area contributed by atoms with Crippen molar-refractivity contribution in [2.75, 3.05) is 0 Å². The van der Waals surface area contributed by atoms with Crippen molar-refractivity contribution in [2.24, 2.45) is 0 Å². The van der Waals surface area contributed by atoms with E-state index in [2.05, 4.69) is 21.4 Å². The molecule has 0 amide bonds. The fourth-order valence-corrected chi connectivity index (χ4v) is 2.76. The number of halogens is 3. The molecule has 0 heterocycles. The maximum Gasteiger partial charge on any atom is 0.317 e. The second-order valence-electron chi connectivity index (χ2n) is 3.65. The molecule has 0 saturated heterocycles. The normalized spacial score (nSPS) is 11.4. The van der Waals surface area contributed by atoms with Gasteiger partial charge in [0.1, 0.15) is 0 Å². The van der Waals surface area contributed by atoms with Crippen molar-refractivity contribution in [3.63, 3.8) is 0 Å². The summed E-state index contributed by atoms with van der Waals surface area (Å²) < 4.78 is 42.5. The van der Waals surface area contributed by atoms with Gasteiger partial charge in [-0.05, 0) is 36.4 Å². The van der Waals surface area contributed by atoms with Gasteiger partial charge in [0.15, 0.2) is 0 Å². The molecule has 0 aliphatic carbocycles. The van der Waals surface area contributed by atoms with Gasteiger partial charge in [0.25, 0.3) is 0 Å². The summed E-state index contributed by atoms with van der Waals surface area (Å²) in [5.74, 6) is 0. The Morgan fingerprint density at radius 1 is 0.667 bits per heavy atom. The van der Waals surface area contributed by atoms with Crippen LogP contribution in [-0.4, -0.2) is 16.8 Å². The third kappa shape index (κ3) is 6.67. The van der Waals surface area contributed by atoms with Gasteiger partial charge in [-0.2, -0.15) is 8.42 Å². The number of benzene rings is 2. The Morgan fingerprint density at radius 2 is 1.05 bits per heavy atom. The average Bonchev–Trinajstić information content (AvgIpc) is 2.38. The molecule has 0 radical (unpaired) electrons. The molecule has 114 valence electrons. The van der Waals surface area contributed by atoms with E-state index in [4.69, 9.17) is 20.0 Å². The van der Waals surface area contributed by atoms with Gasteiger partial charge in [-0.25, -0.2) is 8.42 Å². The lowest BCUT2D eigenvalue weighted by Crippen LogP contribution is -2.01. The summed E-state index contributed by atoms with van der Waals surface area (Å²) in [4.78, 5) is 0.542. The molecule has 0 spiro atoms. The van der Waals surface area contributed by atoms with E-state index in [1.54, 1.807) is 42.5 Å². The van der Waals surface area contributed by atoms with E-state index >= 15 is 0 Å². The molecular formula is C12H9Cl3O4S2. The van der Waals surface area contributed by atoms with E-state index < -0.39 is 18.1 Å². The lowest BCUT2D eigenvalue weighted by molar-refractivity contribution is 0.596. The maximum absolute atomic E-state index is 12.1. The summed E-state index contributed by atoms with van der Waals surface area (Å²) in [6, 6.07) is 14.5. The first-order chi connectivity index (χ1) is 9.60. The highest BCUT2D eigenvalue weighted by Gasteiger charge is 2.16. The van der Waals surface area contributed by atoms with Crippen molar-refractivity contribution >= 4 is 51.1 Å². The van der Waals surface area contributed by atoms with Crippen LogP contribution in [0.5, 0.6) is 0 Å². The zero-order chi connectivity index (χ0) is 16.1. The standard InChI is InChI=1S/C12H9ClO2S.Cl2O2S/c13-10-6-8-12(9-7-10)16(14,15)11-4-2-1-3-5-11;1-5(2,3)4/h1-9H;.